The summed E-state index contributed by atoms with van der Waals surface area (Å²) in [4.78, 5) is 8.27. The number of anilines is 1. The molecule has 4 aromatic rings. The predicted molar refractivity (Wildman–Crippen MR) is 255 cm³/mol. The summed E-state index contributed by atoms with van der Waals surface area (Å²) < 4.78 is 66.1. The van der Waals surface area contributed by atoms with Crippen molar-refractivity contribution in [3.8, 4) is 11.8 Å². The third kappa shape index (κ3) is 16.8. The number of pyridine rings is 1. The highest BCUT2D eigenvalue weighted by Crippen LogP contribution is 2.53. The first kappa shape index (κ1) is 53.3. The van der Waals surface area contributed by atoms with Crippen molar-refractivity contribution in [2.75, 3.05) is 39.3 Å². The number of phosphoric ester groups is 1. The predicted octanol–water partition coefficient (Wildman–Crippen LogP) is 11.9. The van der Waals surface area contributed by atoms with Crippen LogP contribution in [0.3, 0.4) is 0 Å². The van der Waals surface area contributed by atoms with E-state index in [9.17, 15) is 9.83 Å². The maximum Gasteiger partial charge on any atom is 0.530 e. The van der Waals surface area contributed by atoms with Gasteiger partial charge in [0.1, 0.15) is 53.3 Å². The largest absolute Gasteiger partial charge is 0.530 e. The number of hydrogen-bond donors (Lipinski definition) is 1. The summed E-state index contributed by atoms with van der Waals surface area (Å²) in [5, 5.41) is 13.8. The molecule has 364 valence electrons. The number of para-hydroxylation sites is 1. The van der Waals surface area contributed by atoms with Gasteiger partial charge in [-0.1, -0.05) is 133 Å². The molecule has 0 spiro atoms. The number of unbranched alkanes of at least 4 members (excludes halogenated alkanes) is 15. The van der Waals surface area contributed by atoms with Gasteiger partial charge in [-0.25, -0.2) is 19.0 Å². The van der Waals surface area contributed by atoms with Crippen molar-refractivity contribution >= 4 is 30.8 Å². The Morgan fingerprint density at radius 2 is 1.56 bits per heavy atom. The Kier molecular flexibility index (Phi) is 22.1. The van der Waals surface area contributed by atoms with E-state index in [1.165, 1.54) is 96.9 Å². The van der Waals surface area contributed by atoms with Gasteiger partial charge in [0.25, 0.3) is 0 Å². The van der Waals surface area contributed by atoms with Crippen molar-refractivity contribution in [2.24, 2.45) is 0 Å². The van der Waals surface area contributed by atoms with E-state index < -0.39 is 37.5 Å². The first-order valence-corrected chi connectivity index (χ1v) is 25.6. The molecule has 1 aromatic carbocycles. The van der Waals surface area contributed by atoms with Crippen molar-refractivity contribution in [2.45, 2.75) is 167 Å². The second-order valence-corrected chi connectivity index (χ2v) is 19.7. The second kappa shape index (κ2) is 27.3. The van der Waals surface area contributed by atoms with Gasteiger partial charge >= 0.3 is 7.82 Å². The number of nitrogens with zero attached hydrogens (tertiary/aromatic N) is 5. The van der Waals surface area contributed by atoms with Crippen molar-refractivity contribution in [3.63, 3.8) is 0 Å². The minimum Gasteiger partial charge on any atom is -0.402 e. The molecule has 17 heteroatoms. The first-order valence-electron chi connectivity index (χ1n) is 23.8. The zero-order valence-corrected chi connectivity index (χ0v) is 41.3. The summed E-state index contributed by atoms with van der Waals surface area (Å²) in [7, 11) is -3.00. The molecular weight excluding hydrogens is 883 g/mol. The Balaban J connectivity index is 1.18. The van der Waals surface area contributed by atoms with Gasteiger partial charge in [-0.05, 0) is 63.1 Å². The van der Waals surface area contributed by atoms with Crippen LogP contribution in [0.1, 0.15) is 153 Å². The van der Waals surface area contributed by atoms with Crippen LogP contribution in [0.15, 0.2) is 61.1 Å². The molecule has 66 heavy (non-hydrogen) atoms. The minimum atomic E-state index is -4.50. The molecule has 1 saturated heterocycles. The lowest BCUT2D eigenvalue weighted by atomic mass is 9.93. The molecule has 5 atom stereocenters. The Morgan fingerprint density at radius 1 is 0.894 bits per heavy atom. The number of benzene rings is 1. The summed E-state index contributed by atoms with van der Waals surface area (Å²) in [6, 6.07) is 15.7. The van der Waals surface area contributed by atoms with Gasteiger partial charge in [0.2, 0.25) is 0 Å². The van der Waals surface area contributed by atoms with Crippen LogP contribution in [0.2, 0.25) is 5.02 Å². The first-order chi connectivity index (χ1) is 31.9. The van der Waals surface area contributed by atoms with Gasteiger partial charge in [0.05, 0.1) is 37.1 Å². The van der Waals surface area contributed by atoms with E-state index in [4.69, 9.17) is 54.6 Å². The summed E-state index contributed by atoms with van der Waals surface area (Å²) in [5.41, 5.74) is 7.13. The molecule has 1 unspecified atom stereocenters. The van der Waals surface area contributed by atoms with Crippen molar-refractivity contribution in [3.05, 3.63) is 83.0 Å². The number of phosphoric acid groups is 1. The van der Waals surface area contributed by atoms with Crippen LogP contribution in [0, 0.1) is 11.3 Å². The van der Waals surface area contributed by atoms with E-state index >= 15 is 0 Å². The fraction of sp³-hybridized carbons (Fsp3) is 0.633. The third-order valence-corrected chi connectivity index (χ3v) is 13.5. The van der Waals surface area contributed by atoms with Crippen molar-refractivity contribution in [1.29, 1.82) is 5.26 Å². The Morgan fingerprint density at radius 3 is 2.18 bits per heavy atom. The zero-order chi connectivity index (χ0) is 47.3. The average molecular weight is 956 g/mol. The summed E-state index contributed by atoms with van der Waals surface area (Å²) in [6.07, 6.45) is 21.3. The van der Waals surface area contributed by atoms with Gasteiger partial charge in [-0.3, -0.25) is 9.05 Å². The molecule has 3 aromatic heterocycles. The van der Waals surface area contributed by atoms with Crippen LogP contribution >= 0.6 is 19.4 Å². The third-order valence-electron chi connectivity index (χ3n) is 11.8. The number of fused-ring (bicyclic) bond motifs is 1. The smallest absolute Gasteiger partial charge is 0.402 e. The number of halogens is 1. The summed E-state index contributed by atoms with van der Waals surface area (Å²) in [6.45, 7) is 7.87. The van der Waals surface area contributed by atoms with Gasteiger partial charge in [-0.2, -0.15) is 10.4 Å². The molecule has 5 rings (SSSR count). The molecule has 2 N–H and O–H groups in total. The maximum absolute atomic E-state index is 14.8. The molecule has 0 saturated carbocycles. The fourth-order valence-electron chi connectivity index (χ4n) is 7.88. The second-order valence-electron chi connectivity index (χ2n) is 17.7. The van der Waals surface area contributed by atoms with Gasteiger partial charge in [0, 0.05) is 19.9 Å². The Hall–Kier alpha value is -3.68. The van der Waals surface area contributed by atoms with Crippen LogP contribution < -0.4 is 10.3 Å². The van der Waals surface area contributed by atoms with Crippen LogP contribution in [-0.2, 0) is 43.9 Å². The van der Waals surface area contributed by atoms with E-state index in [0.717, 1.165) is 24.8 Å². The number of aromatic nitrogens is 4. The number of nitrogens with two attached hydrogens (primary N) is 1. The van der Waals surface area contributed by atoms with E-state index in [1.54, 1.807) is 73.9 Å². The van der Waals surface area contributed by atoms with E-state index in [0.29, 0.717) is 29.3 Å². The van der Waals surface area contributed by atoms with Crippen molar-refractivity contribution in [1.82, 2.24) is 19.6 Å². The number of methoxy groups -OCH3 is 1. The highest BCUT2D eigenvalue weighted by Gasteiger charge is 2.54. The maximum atomic E-state index is 14.8. The summed E-state index contributed by atoms with van der Waals surface area (Å²) in [5.74, 6) is -0.646. The molecule has 0 amide bonds. The topological polar surface area (TPSA) is 184 Å². The molecule has 15 nitrogen and oxygen atoms in total. The molecule has 0 aliphatic carbocycles. The molecule has 0 radical (unpaired) electrons. The number of hydrogen-bond acceptors (Lipinski definition) is 14. The van der Waals surface area contributed by atoms with Crippen LogP contribution in [-0.4, -0.2) is 76.7 Å². The lowest BCUT2D eigenvalue weighted by Gasteiger charge is -2.36. The van der Waals surface area contributed by atoms with E-state index in [2.05, 4.69) is 22.0 Å². The summed E-state index contributed by atoms with van der Waals surface area (Å²) >= 11 is 6.50. The van der Waals surface area contributed by atoms with Gasteiger partial charge < -0.3 is 33.9 Å². The number of rotatable bonds is 33. The molecule has 1 aliphatic heterocycles. The van der Waals surface area contributed by atoms with Gasteiger partial charge in [-0.15, -0.1) is 0 Å². The number of nitriles is 1. The van der Waals surface area contributed by atoms with Gasteiger partial charge in [0.15, 0.2) is 11.6 Å². The number of nitrogen functional groups attached to an aromatic ring is 1. The van der Waals surface area contributed by atoms with Crippen LogP contribution in [0.4, 0.5) is 5.82 Å². The van der Waals surface area contributed by atoms with Crippen LogP contribution in [0.5, 0.6) is 5.75 Å². The molecule has 0 bridgehead atoms. The Labute approximate surface area is 396 Å². The number of ether oxygens (including phenoxy) is 5. The lowest BCUT2D eigenvalue weighted by Crippen LogP contribution is -2.48. The highest BCUT2D eigenvalue weighted by atomic mass is 35.5. The minimum absolute atomic E-state index is 0.0962. The molecule has 1 fully saturated rings. The highest BCUT2D eigenvalue weighted by molar-refractivity contribution is 7.49. The average Bonchev–Trinajstić information content (AvgIpc) is 3.90. The van der Waals surface area contributed by atoms with Crippen LogP contribution in [0.25, 0.3) is 5.52 Å². The van der Waals surface area contributed by atoms with Crippen molar-refractivity contribution < 1.29 is 41.8 Å². The monoisotopic (exact) mass is 954 g/mol. The Bertz CT molecular complexity index is 2120. The van der Waals surface area contributed by atoms with E-state index in [-0.39, 0.29) is 37.2 Å². The molecular formula is C49H72ClN6O9P. The zero-order valence-electron chi connectivity index (χ0n) is 39.7. The normalized spacial score (nSPS) is 18.2. The SMILES string of the molecule is CCCCCCCCCCCCCCCCCCOC[C@H](COP(=O)(OC[C@@](C)(OC)[C@H]1OC(C)(C)O[C@H]1c1ccc2c(N)ncnn12)Oc1ccccc1Cl)OCc1ccc(C#N)nc1. The fourth-order valence-corrected chi connectivity index (χ4v) is 9.45. The quantitative estimate of drug-likeness (QED) is 0.0351. The lowest BCUT2D eigenvalue weighted by molar-refractivity contribution is -0.180. The van der Waals surface area contributed by atoms with E-state index in [1.807, 2.05) is 12.1 Å². The molecule has 4 heterocycles. The standard InChI is InChI=1S/C49H72ClN6O9P/c1-6-7-8-9-10-11-12-13-14-15-16-17-18-19-20-23-30-59-34-40(60-33-38-26-27-39(31-51)53-32-38)35-61-66(57,65-44-25-22-21-24-41(44)50)62-36-49(4,58-5)46-45(63-48(2,3)64-46)42-28-29-43-47(52)54-37-55-56(42)43/h21-22,24-29,32,37,40,45-46H,6-20,23,30,33-36H2,1-5H3,(H2,52,54,55)/t40-,45+,46+,49-,66?/m1/s1. The molecule has 1 aliphatic rings.